The molecule has 0 heterocycles. The topological polar surface area (TPSA) is 231 Å². The molecule has 0 aliphatic heterocycles. The predicted octanol–water partition coefficient (Wildman–Crippen LogP) is -3.12. The van der Waals surface area contributed by atoms with E-state index in [4.69, 9.17) is 21.7 Å². The molecular weight excluding hydrogens is 390 g/mol. The quantitative estimate of drug-likeness (QED) is 0.160. The van der Waals surface area contributed by atoms with E-state index >= 15 is 0 Å². The summed E-state index contributed by atoms with van der Waals surface area (Å²) in [5.41, 5.74) is 10.7. The molecule has 0 aliphatic rings. The largest absolute Gasteiger partial charge is 0.481 e. The first-order valence-electron chi connectivity index (χ1n) is 8.71. The Morgan fingerprint density at radius 1 is 0.931 bits per heavy atom. The van der Waals surface area contributed by atoms with E-state index in [2.05, 4.69) is 16.0 Å². The number of carbonyl (C=O) groups excluding carboxylic acids is 4. The summed E-state index contributed by atoms with van der Waals surface area (Å²) in [5, 5.41) is 24.1. The molecule has 3 unspecified atom stereocenters. The van der Waals surface area contributed by atoms with E-state index in [1.807, 2.05) is 0 Å². The van der Waals surface area contributed by atoms with Crippen molar-refractivity contribution in [2.24, 2.45) is 17.4 Å². The molecule has 0 saturated carbocycles. The molecule has 0 aromatic heterocycles. The van der Waals surface area contributed by atoms with Crippen LogP contribution < -0.4 is 27.4 Å². The van der Waals surface area contributed by atoms with Crippen molar-refractivity contribution in [1.82, 2.24) is 16.0 Å². The molecule has 4 amide bonds. The number of hydrogen-bond acceptors (Lipinski definition) is 7. The van der Waals surface area contributed by atoms with Gasteiger partial charge in [0.25, 0.3) is 0 Å². The average molecular weight is 417 g/mol. The lowest BCUT2D eigenvalue weighted by Gasteiger charge is -2.21. The maximum atomic E-state index is 12.2. The number of nitrogens with two attached hydrogens (primary N) is 2. The van der Waals surface area contributed by atoms with Crippen molar-refractivity contribution in [3.8, 4) is 0 Å². The molecule has 0 aromatic rings. The molecule has 0 saturated heterocycles. The minimum absolute atomic E-state index is 0.239. The highest BCUT2D eigenvalue weighted by molar-refractivity contribution is 5.95. The van der Waals surface area contributed by atoms with Crippen LogP contribution in [0.4, 0.5) is 0 Å². The van der Waals surface area contributed by atoms with Crippen molar-refractivity contribution in [1.29, 1.82) is 0 Å². The van der Waals surface area contributed by atoms with E-state index in [1.165, 1.54) is 0 Å². The van der Waals surface area contributed by atoms with Gasteiger partial charge in [0.2, 0.25) is 23.6 Å². The maximum absolute atomic E-state index is 12.2. The van der Waals surface area contributed by atoms with Gasteiger partial charge in [0, 0.05) is 6.42 Å². The minimum Gasteiger partial charge on any atom is -0.481 e. The zero-order chi connectivity index (χ0) is 22.7. The van der Waals surface area contributed by atoms with Crippen molar-refractivity contribution < 1.29 is 39.0 Å². The van der Waals surface area contributed by atoms with Crippen LogP contribution in [0.1, 0.15) is 33.1 Å². The Hall–Kier alpha value is -3.22. The van der Waals surface area contributed by atoms with Crippen LogP contribution in [0, 0.1) is 5.92 Å². The lowest BCUT2D eigenvalue weighted by Crippen LogP contribution is -2.55. The average Bonchev–Trinajstić information content (AvgIpc) is 2.60. The van der Waals surface area contributed by atoms with E-state index in [0.29, 0.717) is 0 Å². The van der Waals surface area contributed by atoms with Crippen LogP contribution in [-0.2, 0) is 28.8 Å². The van der Waals surface area contributed by atoms with Gasteiger partial charge in [-0.1, -0.05) is 13.8 Å². The second-order valence-electron chi connectivity index (χ2n) is 6.61. The van der Waals surface area contributed by atoms with Gasteiger partial charge in [-0.15, -0.1) is 0 Å². The molecule has 0 radical (unpaired) electrons. The normalized spacial score (nSPS) is 13.7. The number of rotatable bonds is 13. The van der Waals surface area contributed by atoms with Gasteiger partial charge in [0.05, 0.1) is 19.0 Å². The van der Waals surface area contributed by atoms with Crippen LogP contribution in [0.5, 0.6) is 0 Å². The first-order chi connectivity index (χ1) is 13.3. The number of aliphatic carboxylic acids is 2. The lowest BCUT2D eigenvalue weighted by molar-refractivity contribution is -0.143. The number of carboxylic acid groups (broad SMARTS) is 2. The summed E-state index contributed by atoms with van der Waals surface area (Å²) in [7, 11) is 0. The molecule has 164 valence electrons. The van der Waals surface area contributed by atoms with Crippen LogP contribution >= 0.6 is 0 Å². The second kappa shape index (κ2) is 12.3. The summed E-state index contributed by atoms with van der Waals surface area (Å²) in [6.07, 6.45) is -1.37. The number of primary amides is 1. The minimum atomic E-state index is -1.46. The van der Waals surface area contributed by atoms with Crippen molar-refractivity contribution in [2.45, 2.75) is 51.2 Å². The SMILES string of the molecule is CC(C)C(N)C(=O)NC(CC(N)=O)C(=O)NCC(=O)NC(CCC(=O)O)C(=O)O. The fourth-order valence-electron chi connectivity index (χ4n) is 2.04. The van der Waals surface area contributed by atoms with Crippen LogP contribution in [0.2, 0.25) is 0 Å². The summed E-state index contributed by atoms with van der Waals surface area (Å²) in [5.74, 6) is -6.29. The summed E-state index contributed by atoms with van der Waals surface area (Å²) in [6.45, 7) is 2.69. The molecule has 0 bridgehead atoms. The molecule has 0 rings (SSSR count). The Bertz CT molecular complexity index is 651. The zero-order valence-electron chi connectivity index (χ0n) is 16.1. The molecule has 9 N–H and O–H groups in total. The number of amides is 4. The third-order valence-electron chi connectivity index (χ3n) is 3.76. The highest BCUT2D eigenvalue weighted by Crippen LogP contribution is 2.01. The molecule has 13 heteroatoms. The van der Waals surface area contributed by atoms with Crippen LogP contribution in [0.25, 0.3) is 0 Å². The molecule has 0 fully saturated rings. The monoisotopic (exact) mass is 417 g/mol. The third-order valence-corrected chi connectivity index (χ3v) is 3.76. The maximum Gasteiger partial charge on any atom is 0.326 e. The molecule has 0 spiro atoms. The highest BCUT2D eigenvalue weighted by atomic mass is 16.4. The molecule has 3 atom stereocenters. The second-order valence-corrected chi connectivity index (χ2v) is 6.61. The van der Waals surface area contributed by atoms with E-state index in [-0.39, 0.29) is 12.3 Å². The number of nitrogens with one attached hydrogen (secondary N) is 3. The van der Waals surface area contributed by atoms with E-state index in [0.717, 1.165) is 0 Å². The Kier molecular flexibility index (Phi) is 10.9. The molecule has 0 aromatic carbocycles. The standard InChI is InChI=1S/C16H27N5O8/c1-7(2)13(18)15(27)21-9(5-10(17)22)14(26)19-6-11(23)20-8(16(28)29)3-4-12(24)25/h7-9,13H,3-6,18H2,1-2H3,(H2,17,22)(H,19,26)(H,20,23)(H,21,27)(H,24,25)(H,28,29). The van der Waals surface area contributed by atoms with Crippen molar-refractivity contribution in [2.75, 3.05) is 6.54 Å². The highest BCUT2D eigenvalue weighted by Gasteiger charge is 2.27. The number of hydrogen-bond donors (Lipinski definition) is 7. The Labute approximate surface area is 166 Å². The Balaban J connectivity index is 4.85. The van der Waals surface area contributed by atoms with E-state index in [9.17, 15) is 28.8 Å². The van der Waals surface area contributed by atoms with Gasteiger partial charge in [0.15, 0.2) is 0 Å². The Morgan fingerprint density at radius 3 is 1.97 bits per heavy atom. The predicted molar refractivity (Wildman–Crippen MR) is 98.0 cm³/mol. The van der Waals surface area contributed by atoms with Gasteiger partial charge in [0.1, 0.15) is 12.1 Å². The van der Waals surface area contributed by atoms with Crippen LogP contribution in [0.3, 0.4) is 0 Å². The van der Waals surface area contributed by atoms with Gasteiger partial charge in [-0.3, -0.25) is 24.0 Å². The summed E-state index contributed by atoms with van der Waals surface area (Å²) in [6, 6.07) is -3.77. The zero-order valence-corrected chi connectivity index (χ0v) is 16.1. The first kappa shape index (κ1) is 25.8. The molecule has 29 heavy (non-hydrogen) atoms. The van der Waals surface area contributed by atoms with Gasteiger partial charge >= 0.3 is 11.9 Å². The van der Waals surface area contributed by atoms with Gasteiger partial charge in [-0.05, 0) is 12.3 Å². The van der Waals surface area contributed by atoms with Crippen LogP contribution in [-0.4, -0.2) is 70.5 Å². The molecular formula is C16H27N5O8. The van der Waals surface area contributed by atoms with Gasteiger partial charge < -0.3 is 37.6 Å². The summed E-state index contributed by atoms with van der Waals surface area (Å²) in [4.78, 5) is 68.8. The fraction of sp³-hybridized carbons (Fsp3) is 0.625. The summed E-state index contributed by atoms with van der Waals surface area (Å²) >= 11 is 0. The number of carbonyl (C=O) groups is 6. The first-order valence-corrected chi connectivity index (χ1v) is 8.71. The van der Waals surface area contributed by atoms with Crippen molar-refractivity contribution in [3.05, 3.63) is 0 Å². The lowest BCUT2D eigenvalue weighted by atomic mass is 10.0. The Morgan fingerprint density at radius 2 is 1.52 bits per heavy atom. The van der Waals surface area contributed by atoms with Crippen molar-refractivity contribution >= 4 is 35.6 Å². The molecule has 13 nitrogen and oxygen atoms in total. The van der Waals surface area contributed by atoms with E-state index in [1.54, 1.807) is 13.8 Å². The third kappa shape index (κ3) is 10.6. The number of carboxylic acids is 2. The molecule has 0 aliphatic carbocycles. The smallest absolute Gasteiger partial charge is 0.326 e. The fourth-order valence-corrected chi connectivity index (χ4v) is 2.04. The van der Waals surface area contributed by atoms with Crippen molar-refractivity contribution in [3.63, 3.8) is 0 Å². The van der Waals surface area contributed by atoms with Gasteiger partial charge in [-0.2, -0.15) is 0 Å². The van der Waals surface area contributed by atoms with Crippen LogP contribution in [0.15, 0.2) is 0 Å². The summed E-state index contributed by atoms with van der Waals surface area (Å²) < 4.78 is 0. The van der Waals surface area contributed by atoms with Gasteiger partial charge in [-0.25, -0.2) is 4.79 Å². The van der Waals surface area contributed by atoms with E-state index < -0.39 is 73.1 Å².